The number of hydrogen-bond donors (Lipinski definition) is 0. The number of fused-ring (bicyclic) bond motifs is 1. The molecule has 168 valence electrons. The SMILES string of the molecule is O=C(c1ccc(Cl)c(N2CCCCC2)c1)N1CCOCC(Cc2nccn3cccc23)C1. The van der Waals surface area contributed by atoms with E-state index in [-0.39, 0.29) is 11.8 Å². The monoisotopic (exact) mass is 452 g/mol. The van der Waals surface area contributed by atoms with Crippen LogP contribution in [0.4, 0.5) is 5.69 Å². The minimum Gasteiger partial charge on any atom is -0.379 e. The van der Waals surface area contributed by atoms with Gasteiger partial charge in [-0.1, -0.05) is 11.6 Å². The number of benzene rings is 1. The molecule has 6 nitrogen and oxygen atoms in total. The molecule has 4 heterocycles. The first kappa shape index (κ1) is 21.3. The van der Waals surface area contributed by atoms with Crippen molar-refractivity contribution in [3.8, 4) is 0 Å². The lowest BCUT2D eigenvalue weighted by Crippen LogP contribution is -2.37. The summed E-state index contributed by atoms with van der Waals surface area (Å²) in [6.07, 6.45) is 10.2. The molecule has 0 aliphatic carbocycles. The van der Waals surface area contributed by atoms with Crippen LogP contribution in [0.5, 0.6) is 0 Å². The molecule has 0 N–H and O–H groups in total. The summed E-state index contributed by atoms with van der Waals surface area (Å²) >= 11 is 6.50. The van der Waals surface area contributed by atoms with E-state index in [1.807, 2.05) is 47.8 Å². The van der Waals surface area contributed by atoms with Crippen LogP contribution in [0.2, 0.25) is 5.02 Å². The second-order valence-corrected chi connectivity index (χ2v) is 9.19. The van der Waals surface area contributed by atoms with Crippen molar-refractivity contribution in [3.05, 3.63) is 65.2 Å². The van der Waals surface area contributed by atoms with Gasteiger partial charge in [-0.15, -0.1) is 0 Å². The number of carbonyl (C=O) groups excluding carboxylic acids is 1. The van der Waals surface area contributed by atoms with Gasteiger partial charge in [-0.3, -0.25) is 9.78 Å². The highest BCUT2D eigenvalue weighted by Gasteiger charge is 2.25. The molecule has 7 heteroatoms. The van der Waals surface area contributed by atoms with Gasteiger partial charge in [0.1, 0.15) is 0 Å². The molecule has 1 aromatic carbocycles. The molecule has 32 heavy (non-hydrogen) atoms. The first-order chi connectivity index (χ1) is 15.7. The van der Waals surface area contributed by atoms with Crippen LogP contribution in [-0.4, -0.2) is 59.6 Å². The lowest BCUT2D eigenvalue weighted by atomic mass is 10.0. The number of halogens is 1. The van der Waals surface area contributed by atoms with Crippen molar-refractivity contribution in [2.75, 3.05) is 44.3 Å². The molecule has 1 atom stereocenters. The Morgan fingerprint density at radius 3 is 2.88 bits per heavy atom. The summed E-state index contributed by atoms with van der Waals surface area (Å²) < 4.78 is 7.95. The maximum atomic E-state index is 13.5. The van der Waals surface area contributed by atoms with Gasteiger partial charge < -0.3 is 18.9 Å². The van der Waals surface area contributed by atoms with Crippen LogP contribution in [0.3, 0.4) is 0 Å². The van der Waals surface area contributed by atoms with E-state index in [0.29, 0.717) is 36.9 Å². The number of nitrogens with zero attached hydrogens (tertiary/aromatic N) is 4. The third-order valence-electron chi connectivity index (χ3n) is 6.53. The van der Waals surface area contributed by atoms with Crippen molar-refractivity contribution < 1.29 is 9.53 Å². The van der Waals surface area contributed by atoms with Gasteiger partial charge in [0.25, 0.3) is 5.91 Å². The van der Waals surface area contributed by atoms with Crippen molar-refractivity contribution in [2.24, 2.45) is 5.92 Å². The number of piperidine rings is 1. The average Bonchev–Trinajstić information content (AvgIpc) is 3.19. The van der Waals surface area contributed by atoms with Crippen molar-refractivity contribution in [1.82, 2.24) is 14.3 Å². The fourth-order valence-corrected chi connectivity index (χ4v) is 5.09. The Labute approximate surface area is 193 Å². The van der Waals surface area contributed by atoms with Crippen LogP contribution in [0.15, 0.2) is 48.9 Å². The maximum Gasteiger partial charge on any atom is 0.254 e. The number of rotatable bonds is 4. The van der Waals surface area contributed by atoms with Gasteiger partial charge in [-0.25, -0.2) is 0 Å². The van der Waals surface area contributed by atoms with Gasteiger partial charge in [0.2, 0.25) is 0 Å². The zero-order valence-corrected chi connectivity index (χ0v) is 19.0. The Hall–Kier alpha value is -2.57. The van der Waals surface area contributed by atoms with Crippen LogP contribution in [0.1, 0.15) is 35.3 Å². The van der Waals surface area contributed by atoms with E-state index in [0.717, 1.165) is 36.4 Å². The van der Waals surface area contributed by atoms with E-state index in [2.05, 4.69) is 20.4 Å². The number of anilines is 1. The van der Waals surface area contributed by atoms with Crippen LogP contribution < -0.4 is 4.90 Å². The third kappa shape index (κ3) is 4.48. The van der Waals surface area contributed by atoms with E-state index in [9.17, 15) is 4.79 Å². The second kappa shape index (κ2) is 9.51. The van der Waals surface area contributed by atoms with Crippen molar-refractivity contribution in [3.63, 3.8) is 0 Å². The van der Waals surface area contributed by atoms with Crippen LogP contribution in [0, 0.1) is 5.92 Å². The molecule has 5 rings (SSSR count). The normalized spacial score (nSPS) is 19.8. The van der Waals surface area contributed by atoms with Crippen molar-refractivity contribution in [1.29, 1.82) is 0 Å². The predicted octanol–water partition coefficient (Wildman–Crippen LogP) is 4.31. The Balaban J connectivity index is 1.33. The summed E-state index contributed by atoms with van der Waals surface area (Å²) in [5, 5.41) is 0.715. The van der Waals surface area contributed by atoms with Crippen molar-refractivity contribution >= 4 is 28.7 Å². The average molecular weight is 453 g/mol. The lowest BCUT2D eigenvalue weighted by Gasteiger charge is -2.30. The molecule has 2 aromatic heterocycles. The molecule has 2 saturated heterocycles. The smallest absolute Gasteiger partial charge is 0.254 e. The zero-order valence-electron chi connectivity index (χ0n) is 18.3. The Bertz CT molecular complexity index is 1090. The molecule has 3 aromatic rings. The Morgan fingerprint density at radius 2 is 2.00 bits per heavy atom. The molecular formula is C25H29ClN4O2. The third-order valence-corrected chi connectivity index (χ3v) is 6.85. The molecule has 1 amide bonds. The topological polar surface area (TPSA) is 50.1 Å². The summed E-state index contributed by atoms with van der Waals surface area (Å²) in [6.45, 7) is 4.43. The van der Waals surface area contributed by atoms with Gasteiger partial charge in [-0.05, 0) is 56.0 Å². The maximum absolute atomic E-state index is 13.5. The molecule has 0 saturated carbocycles. The van der Waals surface area contributed by atoms with E-state index in [1.54, 1.807) is 0 Å². The summed E-state index contributed by atoms with van der Waals surface area (Å²) in [7, 11) is 0. The fraction of sp³-hybridized carbons (Fsp3) is 0.440. The summed E-state index contributed by atoms with van der Waals surface area (Å²) in [5.74, 6) is 0.244. The standard InChI is InChI=1S/C25H29ClN4O2/c26-21-7-6-20(16-24(21)28-9-2-1-3-10-28)25(31)30-13-14-32-18-19(17-30)15-22-23-5-4-11-29(23)12-8-27-22/h4-8,11-12,16,19H,1-3,9-10,13-15,17-18H2. The number of amides is 1. The van der Waals surface area contributed by atoms with Gasteiger partial charge in [0.05, 0.1) is 35.1 Å². The highest BCUT2D eigenvalue weighted by molar-refractivity contribution is 6.33. The van der Waals surface area contributed by atoms with Crippen molar-refractivity contribution in [2.45, 2.75) is 25.7 Å². The summed E-state index contributed by atoms with van der Waals surface area (Å²) in [5.41, 5.74) is 3.82. The molecule has 2 aliphatic heterocycles. The molecule has 0 radical (unpaired) electrons. The first-order valence-corrected chi connectivity index (χ1v) is 11.9. The number of hydrogen-bond acceptors (Lipinski definition) is 4. The largest absolute Gasteiger partial charge is 0.379 e. The van der Waals surface area contributed by atoms with Gasteiger partial charge >= 0.3 is 0 Å². The molecule has 0 spiro atoms. The van der Waals surface area contributed by atoms with E-state index < -0.39 is 0 Å². The van der Waals surface area contributed by atoms with E-state index in [4.69, 9.17) is 16.3 Å². The first-order valence-electron chi connectivity index (χ1n) is 11.5. The number of aromatic nitrogens is 2. The van der Waals surface area contributed by atoms with E-state index >= 15 is 0 Å². The van der Waals surface area contributed by atoms with Crippen LogP contribution >= 0.6 is 11.6 Å². The van der Waals surface area contributed by atoms with Gasteiger partial charge in [0.15, 0.2) is 0 Å². The number of carbonyl (C=O) groups is 1. The summed E-state index contributed by atoms with van der Waals surface area (Å²) in [6, 6.07) is 9.79. The zero-order chi connectivity index (χ0) is 21.9. The van der Waals surface area contributed by atoms with Crippen LogP contribution in [0.25, 0.3) is 5.52 Å². The van der Waals surface area contributed by atoms with Gasteiger partial charge in [0, 0.05) is 56.3 Å². The predicted molar refractivity (Wildman–Crippen MR) is 127 cm³/mol. The highest BCUT2D eigenvalue weighted by Crippen LogP contribution is 2.30. The summed E-state index contributed by atoms with van der Waals surface area (Å²) in [4.78, 5) is 22.3. The van der Waals surface area contributed by atoms with Gasteiger partial charge in [-0.2, -0.15) is 0 Å². The minimum absolute atomic E-state index is 0.0456. The molecule has 2 fully saturated rings. The highest BCUT2D eigenvalue weighted by atomic mass is 35.5. The number of ether oxygens (including phenoxy) is 1. The quantitative estimate of drug-likeness (QED) is 0.592. The minimum atomic E-state index is 0.0456. The van der Waals surface area contributed by atoms with E-state index in [1.165, 1.54) is 19.3 Å². The molecule has 2 aliphatic rings. The Morgan fingerprint density at radius 1 is 1.12 bits per heavy atom. The molecule has 0 bridgehead atoms. The van der Waals surface area contributed by atoms with Crippen LogP contribution in [-0.2, 0) is 11.2 Å². The molecule has 1 unspecified atom stereocenters. The lowest BCUT2D eigenvalue weighted by molar-refractivity contribution is 0.0737. The molecular weight excluding hydrogens is 424 g/mol. The fourth-order valence-electron chi connectivity index (χ4n) is 4.85. The second-order valence-electron chi connectivity index (χ2n) is 8.78. The Kier molecular flexibility index (Phi) is 6.32.